The summed E-state index contributed by atoms with van der Waals surface area (Å²) in [5.41, 5.74) is 6.44. The zero-order chi connectivity index (χ0) is 13.0. The van der Waals surface area contributed by atoms with E-state index in [4.69, 9.17) is 0 Å². The number of hydrogen-bond acceptors (Lipinski definition) is 2. The number of rotatable bonds is 4. The maximum Gasteiger partial charge on any atom is 0.0544 e. The smallest absolute Gasteiger partial charge is 0.0544 e. The van der Waals surface area contributed by atoms with Crippen LogP contribution in [0.25, 0.3) is 0 Å². The summed E-state index contributed by atoms with van der Waals surface area (Å²) in [6.45, 7) is 8.13. The van der Waals surface area contributed by atoms with E-state index in [0.717, 1.165) is 18.8 Å². The molecule has 2 heteroatoms. The summed E-state index contributed by atoms with van der Waals surface area (Å²) < 4.78 is 0. The molecule has 0 radical (unpaired) electrons. The molecule has 2 aromatic rings. The van der Waals surface area contributed by atoms with Crippen molar-refractivity contribution in [3.05, 3.63) is 64.5 Å². The van der Waals surface area contributed by atoms with Gasteiger partial charge >= 0.3 is 0 Å². The lowest BCUT2D eigenvalue weighted by molar-refractivity contribution is 0.674. The molecule has 18 heavy (non-hydrogen) atoms. The lowest BCUT2D eigenvalue weighted by Crippen LogP contribution is -2.15. The van der Waals surface area contributed by atoms with E-state index >= 15 is 0 Å². The minimum absolute atomic E-state index is 0.815. The van der Waals surface area contributed by atoms with Gasteiger partial charge in [0.1, 0.15) is 0 Å². The van der Waals surface area contributed by atoms with Gasteiger partial charge in [-0.1, -0.05) is 18.2 Å². The van der Waals surface area contributed by atoms with Crippen LogP contribution in [0.2, 0.25) is 0 Å². The molecule has 1 aromatic heterocycles. The van der Waals surface area contributed by atoms with Crippen molar-refractivity contribution >= 4 is 0 Å². The molecule has 0 aliphatic carbocycles. The lowest BCUT2D eigenvalue weighted by atomic mass is 10.0. The molecule has 2 nitrogen and oxygen atoms in total. The number of benzene rings is 1. The van der Waals surface area contributed by atoms with Crippen LogP contribution >= 0.6 is 0 Å². The minimum Gasteiger partial charge on any atom is -0.307 e. The first-order chi connectivity index (χ1) is 8.66. The highest BCUT2D eigenvalue weighted by molar-refractivity contribution is 5.33. The van der Waals surface area contributed by atoms with Gasteiger partial charge in [0.15, 0.2) is 0 Å². The Morgan fingerprint density at radius 3 is 2.39 bits per heavy atom. The molecule has 0 amide bonds. The van der Waals surface area contributed by atoms with Crippen molar-refractivity contribution in [1.29, 1.82) is 0 Å². The first-order valence-electron chi connectivity index (χ1n) is 6.34. The van der Waals surface area contributed by atoms with E-state index in [2.05, 4.69) is 55.3 Å². The second-order valence-electron chi connectivity index (χ2n) is 4.80. The molecule has 0 fully saturated rings. The van der Waals surface area contributed by atoms with E-state index in [-0.39, 0.29) is 0 Å². The van der Waals surface area contributed by atoms with Crippen LogP contribution in [0.1, 0.15) is 27.9 Å². The normalized spacial score (nSPS) is 10.6. The molecule has 1 heterocycles. The number of hydrogen-bond donors (Lipinski definition) is 1. The van der Waals surface area contributed by atoms with Crippen molar-refractivity contribution in [3.63, 3.8) is 0 Å². The molecule has 0 aliphatic rings. The highest BCUT2D eigenvalue weighted by atomic mass is 14.9. The van der Waals surface area contributed by atoms with Crippen LogP contribution in [-0.2, 0) is 13.1 Å². The molecular formula is C16H20N2. The fraction of sp³-hybridized carbons (Fsp3) is 0.312. The molecule has 2 rings (SSSR count). The molecule has 0 unspecified atom stereocenters. The molecule has 0 spiro atoms. The average molecular weight is 240 g/mol. The van der Waals surface area contributed by atoms with E-state index in [1.807, 2.05) is 12.3 Å². The van der Waals surface area contributed by atoms with Crippen LogP contribution in [0, 0.1) is 20.8 Å². The Balaban J connectivity index is 1.97. The van der Waals surface area contributed by atoms with Crippen molar-refractivity contribution in [1.82, 2.24) is 10.3 Å². The van der Waals surface area contributed by atoms with Crippen LogP contribution in [0.15, 0.2) is 36.5 Å². The maximum atomic E-state index is 4.35. The second kappa shape index (κ2) is 5.78. The Bertz CT molecular complexity index is 512. The third-order valence-electron chi connectivity index (χ3n) is 3.22. The Kier molecular flexibility index (Phi) is 4.11. The van der Waals surface area contributed by atoms with E-state index in [0.29, 0.717) is 0 Å². The summed E-state index contributed by atoms with van der Waals surface area (Å²) >= 11 is 0. The number of aromatic nitrogens is 1. The first-order valence-corrected chi connectivity index (χ1v) is 6.34. The Morgan fingerprint density at radius 2 is 1.72 bits per heavy atom. The van der Waals surface area contributed by atoms with Gasteiger partial charge in [0.05, 0.1) is 5.69 Å². The van der Waals surface area contributed by atoms with Gasteiger partial charge in [-0.15, -0.1) is 0 Å². The summed E-state index contributed by atoms with van der Waals surface area (Å²) in [6, 6.07) is 10.6. The minimum atomic E-state index is 0.815. The Morgan fingerprint density at radius 1 is 1.00 bits per heavy atom. The van der Waals surface area contributed by atoms with Crippen LogP contribution in [0.3, 0.4) is 0 Å². The maximum absolute atomic E-state index is 4.35. The molecule has 0 bridgehead atoms. The van der Waals surface area contributed by atoms with Gasteiger partial charge in [-0.2, -0.15) is 0 Å². The monoisotopic (exact) mass is 240 g/mol. The first kappa shape index (κ1) is 12.8. The summed E-state index contributed by atoms with van der Waals surface area (Å²) in [4.78, 5) is 4.35. The van der Waals surface area contributed by atoms with Gasteiger partial charge in [-0.3, -0.25) is 4.98 Å². The zero-order valence-corrected chi connectivity index (χ0v) is 11.3. The van der Waals surface area contributed by atoms with E-state index in [1.165, 1.54) is 22.3 Å². The third kappa shape index (κ3) is 3.17. The topological polar surface area (TPSA) is 24.9 Å². The number of nitrogens with zero attached hydrogens (tertiary/aromatic N) is 1. The highest BCUT2D eigenvalue weighted by Gasteiger charge is 2.01. The van der Waals surface area contributed by atoms with Crippen LogP contribution < -0.4 is 5.32 Å². The van der Waals surface area contributed by atoms with Crippen molar-refractivity contribution in [2.45, 2.75) is 33.9 Å². The predicted molar refractivity (Wildman–Crippen MR) is 75.4 cm³/mol. The quantitative estimate of drug-likeness (QED) is 0.887. The Hall–Kier alpha value is -1.67. The summed E-state index contributed by atoms with van der Waals surface area (Å²) in [5, 5.41) is 3.46. The van der Waals surface area contributed by atoms with Gasteiger partial charge in [-0.05, 0) is 55.2 Å². The summed E-state index contributed by atoms with van der Waals surface area (Å²) in [5.74, 6) is 0. The fourth-order valence-electron chi connectivity index (χ4n) is 2.14. The van der Waals surface area contributed by atoms with Gasteiger partial charge in [0.25, 0.3) is 0 Å². The molecule has 94 valence electrons. The fourth-order valence-corrected chi connectivity index (χ4v) is 2.14. The van der Waals surface area contributed by atoms with Crippen LogP contribution in [-0.4, -0.2) is 4.98 Å². The summed E-state index contributed by atoms with van der Waals surface area (Å²) in [7, 11) is 0. The average Bonchev–Trinajstić information content (AvgIpc) is 2.33. The second-order valence-corrected chi connectivity index (χ2v) is 4.80. The highest BCUT2D eigenvalue weighted by Crippen LogP contribution is 2.12. The van der Waals surface area contributed by atoms with Crippen molar-refractivity contribution in [2.75, 3.05) is 0 Å². The van der Waals surface area contributed by atoms with Crippen LogP contribution in [0.4, 0.5) is 0 Å². The van der Waals surface area contributed by atoms with Crippen LogP contribution in [0.5, 0.6) is 0 Å². The molecule has 0 saturated heterocycles. The lowest BCUT2D eigenvalue weighted by Gasteiger charge is -2.10. The number of nitrogens with one attached hydrogen (secondary N) is 1. The van der Waals surface area contributed by atoms with Crippen molar-refractivity contribution in [3.8, 4) is 0 Å². The number of aryl methyl sites for hydroxylation is 3. The van der Waals surface area contributed by atoms with Gasteiger partial charge in [-0.25, -0.2) is 0 Å². The van der Waals surface area contributed by atoms with Gasteiger partial charge < -0.3 is 5.32 Å². The van der Waals surface area contributed by atoms with Gasteiger partial charge in [0, 0.05) is 19.3 Å². The van der Waals surface area contributed by atoms with E-state index in [1.54, 1.807) is 0 Å². The molecule has 1 aromatic carbocycles. The Labute approximate surface area is 109 Å². The number of pyridine rings is 1. The van der Waals surface area contributed by atoms with E-state index < -0.39 is 0 Å². The molecule has 0 saturated carbocycles. The molecular weight excluding hydrogens is 220 g/mol. The standard InChI is InChI=1S/C16H20N2/c1-12-7-8-18-15(9-12)10-17-11-16-13(2)5-4-6-14(16)3/h4-9,17H,10-11H2,1-3H3. The predicted octanol–water partition coefficient (Wildman–Crippen LogP) is 3.30. The van der Waals surface area contributed by atoms with E-state index in [9.17, 15) is 0 Å². The summed E-state index contributed by atoms with van der Waals surface area (Å²) in [6.07, 6.45) is 1.87. The van der Waals surface area contributed by atoms with Crippen molar-refractivity contribution < 1.29 is 0 Å². The molecule has 0 aliphatic heterocycles. The molecule has 0 atom stereocenters. The SMILES string of the molecule is Cc1ccnc(CNCc2c(C)cccc2C)c1. The van der Waals surface area contributed by atoms with Crippen molar-refractivity contribution in [2.24, 2.45) is 0 Å². The third-order valence-corrected chi connectivity index (χ3v) is 3.22. The van der Waals surface area contributed by atoms with Gasteiger partial charge in [0.2, 0.25) is 0 Å². The largest absolute Gasteiger partial charge is 0.307 e. The zero-order valence-electron chi connectivity index (χ0n) is 11.3. The molecule has 1 N–H and O–H groups in total.